The maximum Gasteiger partial charge on any atom is 0.280 e. The standard InChI is InChI=1S/C33H39N3O4/c1-23-13-17-34-25(3)31(23)32(37)35-18-14-24(2)36-19-15-27(16-20-36)33(39-21-22-40-33)30-8-6-5-7-29(30)26-9-11-28(38-4)12-10-26/h5-13,17,21-22,24,27H,14-16,18-20H2,1-4H3,(H,35,37). The Morgan fingerprint density at radius 2 is 1.77 bits per heavy atom. The third-order valence-corrected chi connectivity index (χ3v) is 8.36. The van der Waals surface area contributed by atoms with E-state index in [4.69, 9.17) is 14.2 Å². The summed E-state index contributed by atoms with van der Waals surface area (Å²) in [5, 5.41) is 3.10. The number of nitrogens with one attached hydrogen (secondary N) is 1. The van der Waals surface area contributed by atoms with Crippen LogP contribution in [0.3, 0.4) is 0 Å². The number of hydrogen-bond acceptors (Lipinski definition) is 6. The monoisotopic (exact) mass is 541 g/mol. The van der Waals surface area contributed by atoms with E-state index in [9.17, 15) is 4.79 Å². The Morgan fingerprint density at radius 1 is 1.07 bits per heavy atom. The summed E-state index contributed by atoms with van der Waals surface area (Å²) in [6.07, 6.45) is 7.87. The summed E-state index contributed by atoms with van der Waals surface area (Å²) in [7, 11) is 1.68. The molecule has 1 atom stereocenters. The van der Waals surface area contributed by atoms with Gasteiger partial charge in [-0.2, -0.15) is 0 Å². The second kappa shape index (κ2) is 12.1. The molecule has 1 saturated heterocycles. The van der Waals surface area contributed by atoms with Gasteiger partial charge in [0.25, 0.3) is 11.7 Å². The quantitative estimate of drug-likeness (QED) is 0.360. The number of amides is 1. The van der Waals surface area contributed by atoms with Gasteiger partial charge in [0.05, 0.1) is 18.4 Å². The second-order valence-electron chi connectivity index (χ2n) is 10.7. The zero-order chi connectivity index (χ0) is 28.1. The molecular weight excluding hydrogens is 502 g/mol. The van der Waals surface area contributed by atoms with Gasteiger partial charge in [0.15, 0.2) is 0 Å². The number of pyridine rings is 1. The maximum atomic E-state index is 12.8. The van der Waals surface area contributed by atoms with Crippen molar-refractivity contribution < 1.29 is 19.0 Å². The highest BCUT2D eigenvalue weighted by atomic mass is 16.7. The first kappa shape index (κ1) is 27.7. The van der Waals surface area contributed by atoms with Gasteiger partial charge in [0, 0.05) is 30.3 Å². The Morgan fingerprint density at radius 3 is 2.45 bits per heavy atom. The topological polar surface area (TPSA) is 72.9 Å². The summed E-state index contributed by atoms with van der Waals surface area (Å²) in [5.74, 6) is 0.129. The van der Waals surface area contributed by atoms with Gasteiger partial charge in [0.1, 0.15) is 18.3 Å². The zero-order valence-electron chi connectivity index (χ0n) is 23.9. The van der Waals surface area contributed by atoms with Gasteiger partial charge in [-0.1, -0.05) is 36.4 Å². The molecule has 2 aliphatic heterocycles. The largest absolute Gasteiger partial charge is 0.497 e. The molecule has 1 unspecified atom stereocenters. The molecule has 1 aromatic heterocycles. The number of rotatable bonds is 9. The number of ether oxygens (including phenoxy) is 3. The van der Waals surface area contributed by atoms with Crippen molar-refractivity contribution in [2.75, 3.05) is 26.7 Å². The van der Waals surface area contributed by atoms with Crippen LogP contribution in [0.4, 0.5) is 0 Å². The van der Waals surface area contributed by atoms with E-state index in [1.165, 1.54) is 0 Å². The Labute approximate surface area is 237 Å². The number of benzene rings is 2. The zero-order valence-corrected chi connectivity index (χ0v) is 23.9. The van der Waals surface area contributed by atoms with E-state index in [2.05, 4.69) is 58.5 Å². The van der Waals surface area contributed by atoms with Crippen LogP contribution < -0.4 is 10.1 Å². The lowest BCUT2D eigenvalue weighted by molar-refractivity contribution is -0.201. The fourth-order valence-corrected chi connectivity index (χ4v) is 6.06. The fraction of sp³-hybridized carbons (Fsp3) is 0.394. The lowest BCUT2D eigenvalue weighted by atomic mass is 9.80. The van der Waals surface area contributed by atoms with Gasteiger partial charge in [0.2, 0.25) is 0 Å². The lowest BCUT2D eigenvalue weighted by Gasteiger charge is -2.43. The van der Waals surface area contributed by atoms with E-state index < -0.39 is 5.79 Å². The molecule has 210 valence electrons. The molecule has 0 aliphatic carbocycles. The number of aromatic nitrogens is 1. The van der Waals surface area contributed by atoms with Gasteiger partial charge in [-0.3, -0.25) is 9.78 Å². The first-order valence-corrected chi connectivity index (χ1v) is 14.1. The minimum absolute atomic E-state index is 0.0468. The highest BCUT2D eigenvalue weighted by molar-refractivity contribution is 5.96. The summed E-state index contributed by atoms with van der Waals surface area (Å²) in [6, 6.07) is 18.7. The van der Waals surface area contributed by atoms with Crippen molar-refractivity contribution >= 4 is 5.91 Å². The maximum absolute atomic E-state index is 12.8. The van der Waals surface area contributed by atoms with Gasteiger partial charge in [-0.05, 0) is 88.0 Å². The van der Waals surface area contributed by atoms with Gasteiger partial charge in [-0.15, -0.1) is 0 Å². The summed E-state index contributed by atoms with van der Waals surface area (Å²) in [4.78, 5) is 19.5. The summed E-state index contributed by atoms with van der Waals surface area (Å²) >= 11 is 0. The van der Waals surface area contributed by atoms with Crippen molar-refractivity contribution in [3.05, 3.63) is 95.7 Å². The third-order valence-electron chi connectivity index (χ3n) is 8.36. The summed E-state index contributed by atoms with van der Waals surface area (Å²) in [6.45, 7) is 8.59. The van der Waals surface area contributed by atoms with E-state index in [1.54, 1.807) is 25.8 Å². The van der Waals surface area contributed by atoms with Crippen LogP contribution in [0, 0.1) is 19.8 Å². The van der Waals surface area contributed by atoms with E-state index in [0.29, 0.717) is 18.2 Å². The lowest BCUT2D eigenvalue weighted by Crippen LogP contribution is -2.47. The van der Waals surface area contributed by atoms with Crippen LogP contribution in [0.15, 0.2) is 73.3 Å². The minimum Gasteiger partial charge on any atom is -0.497 e. The highest BCUT2D eigenvalue weighted by Crippen LogP contribution is 2.47. The van der Waals surface area contributed by atoms with Crippen molar-refractivity contribution in [3.63, 3.8) is 0 Å². The van der Waals surface area contributed by atoms with Crippen molar-refractivity contribution in [1.82, 2.24) is 15.2 Å². The molecule has 3 aromatic rings. The molecule has 5 rings (SSSR count). The Bertz CT molecular complexity index is 1320. The minimum atomic E-state index is -0.848. The molecule has 2 aliphatic rings. The van der Waals surface area contributed by atoms with E-state index in [1.807, 2.05) is 32.0 Å². The third kappa shape index (κ3) is 5.56. The first-order valence-electron chi connectivity index (χ1n) is 14.1. The molecule has 2 aromatic carbocycles. The van der Waals surface area contributed by atoms with Gasteiger partial charge >= 0.3 is 0 Å². The fourth-order valence-electron chi connectivity index (χ4n) is 6.06. The number of piperidine rings is 1. The van der Waals surface area contributed by atoms with Crippen molar-refractivity contribution in [2.45, 2.75) is 51.9 Å². The molecule has 1 N–H and O–H groups in total. The predicted octanol–water partition coefficient (Wildman–Crippen LogP) is 5.97. The van der Waals surface area contributed by atoms with Crippen molar-refractivity contribution in [3.8, 4) is 16.9 Å². The average molecular weight is 542 g/mol. The number of likely N-dealkylation sites (tertiary alicyclic amines) is 1. The molecule has 3 heterocycles. The molecule has 1 fully saturated rings. The molecule has 0 radical (unpaired) electrons. The normalized spacial score (nSPS) is 17.6. The van der Waals surface area contributed by atoms with E-state index in [-0.39, 0.29) is 11.8 Å². The van der Waals surface area contributed by atoms with Crippen LogP contribution in [-0.2, 0) is 15.3 Å². The first-order chi connectivity index (χ1) is 19.4. The molecule has 0 bridgehead atoms. The molecule has 0 saturated carbocycles. The molecule has 1 amide bonds. The van der Waals surface area contributed by atoms with Crippen LogP contribution in [0.25, 0.3) is 11.1 Å². The molecular formula is C33H39N3O4. The second-order valence-corrected chi connectivity index (χ2v) is 10.7. The number of nitrogens with zero attached hydrogens (tertiary/aromatic N) is 2. The van der Waals surface area contributed by atoms with Crippen LogP contribution in [0.2, 0.25) is 0 Å². The number of carbonyl (C=O) groups excluding carboxylic acids is 1. The van der Waals surface area contributed by atoms with Gasteiger partial charge < -0.3 is 24.4 Å². The number of hydrogen-bond donors (Lipinski definition) is 1. The molecule has 7 heteroatoms. The predicted molar refractivity (Wildman–Crippen MR) is 156 cm³/mol. The summed E-state index contributed by atoms with van der Waals surface area (Å²) in [5.41, 5.74) is 5.63. The number of aryl methyl sites for hydroxylation is 2. The molecule has 0 spiro atoms. The van der Waals surface area contributed by atoms with Crippen molar-refractivity contribution in [1.29, 1.82) is 0 Å². The van der Waals surface area contributed by atoms with Crippen LogP contribution in [-0.4, -0.2) is 48.6 Å². The van der Waals surface area contributed by atoms with Crippen LogP contribution >= 0.6 is 0 Å². The van der Waals surface area contributed by atoms with E-state index in [0.717, 1.165) is 66.0 Å². The number of carbonyl (C=O) groups is 1. The average Bonchev–Trinajstić information content (AvgIpc) is 3.48. The molecule has 40 heavy (non-hydrogen) atoms. The van der Waals surface area contributed by atoms with Crippen molar-refractivity contribution in [2.24, 2.45) is 5.92 Å². The highest BCUT2D eigenvalue weighted by Gasteiger charge is 2.48. The van der Waals surface area contributed by atoms with Gasteiger partial charge in [-0.25, -0.2) is 0 Å². The Balaban J connectivity index is 1.22. The van der Waals surface area contributed by atoms with Crippen LogP contribution in [0.5, 0.6) is 5.75 Å². The SMILES string of the molecule is COc1ccc(-c2ccccc2C2(C3CCN(C(C)CCNC(=O)c4c(C)ccnc4C)CC3)OC=CO2)cc1. The Hall–Kier alpha value is -3.84. The summed E-state index contributed by atoms with van der Waals surface area (Å²) < 4.78 is 18.0. The van der Waals surface area contributed by atoms with E-state index >= 15 is 0 Å². The molecule has 7 nitrogen and oxygen atoms in total. The number of methoxy groups -OCH3 is 1. The van der Waals surface area contributed by atoms with Crippen LogP contribution in [0.1, 0.15) is 53.4 Å². The smallest absolute Gasteiger partial charge is 0.280 e. The Kier molecular flexibility index (Phi) is 8.40.